The largest absolute Gasteiger partial charge is 0.377 e. The number of halogens is 2. The maximum Gasteiger partial charge on any atom is 0.257 e. The van der Waals surface area contributed by atoms with Gasteiger partial charge < -0.3 is 15.0 Å². The van der Waals surface area contributed by atoms with Gasteiger partial charge in [0, 0.05) is 31.9 Å². The van der Waals surface area contributed by atoms with Crippen molar-refractivity contribution in [2.24, 2.45) is 0 Å². The van der Waals surface area contributed by atoms with E-state index >= 15 is 0 Å². The smallest absolute Gasteiger partial charge is 0.257 e. The van der Waals surface area contributed by atoms with E-state index < -0.39 is 23.6 Å². The van der Waals surface area contributed by atoms with E-state index in [1.165, 1.54) is 4.90 Å². The van der Waals surface area contributed by atoms with Gasteiger partial charge in [-0.3, -0.25) is 14.6 Å². The minimum absolute atomic E-state index is 0.00291. The lowest BCUT2D eigenvalue weighted by molar-refractivity contribution is -0.123. The number of nitrogens with one attached hydrogen (secondary N) is 1. The molecule has 0 aliphatic carbocycles. The molecule has 142 valence electrons. The van der Waals surface area contributed by atoms with E-state index in [0.29, 0.717) is 6.54 Å². The van der Waals surface area contributed by atoms with Gasteiger partial charge in [0.2, 0.25) is 5.91 Å². The van der Waals surface area contributed by atoms with Crippen molar-refractivity contribution in [1.82, 2.24) is 15.2 Å². The Kier molecular flexibility index (Phi) is 6.08. The Morgan fingerprint density at radius 3 is 2.93 bits per heavy atom. The average Bonchev–Trinajstić information content (AvgIpc) is 2.69. The highest BCUT2D eigenvalue weighted by Crippen LogP contribution is 2.18. The van der Waals surface area contributed by atoms with Crippen LogP contribution in [0.15, 0.2) is 42.7 Å². The van der Waals surface area contributed by atoms with E-state index in [2.05, 4.69) is 10.3 Å². The molecule has 1 fully saturated rings. The first-order valence-electron chi connectivity index (χ1n) is 8.54. The third kappa shape index (κ3) is 4.85. The summed E-state index contributed by atoms with van der Waals surface area (Å²) in [5.74, 6) is -2.42. The molecule has 1 aliphatic rings. The first-order valence-corrected chi connectivity index (χ1v) is 8.54. The van der Waals surface area contributed by atoms with Crippen molar-refractivity contribution in [3.8, 4) is 0 Å². The van der Waals surface area contributed by atoms with Crippen LogP contribution in [0.3, 0.4) is 0 Å². The molecule has 3 rings (SSSR count). The van der Waals surface area contributed by atoms with Crippen LogP contribution >= 0.6 is 0 Å². The normalized spacial score (nSPS) is 16.8. The first kappa shape index (κ1) is 18.9. The van der Waals surface area contributed by atoms with Gasteiger partial charge in [0.25, 0.3) is 5.91 Å². The summed E-state index contributed by atoms with van der Waals surface area (Å²) in [6.07, 6.45) is 3.29. The van der Waals surface area contributed by atoms with Crippen molar-refractivity contribution >= 4 is 11.8 Å². The molecule has 0 bridgehead atoms. The molecule has 8 heteroatoms. The Labute approximate surface area is 155 Å². The topological polar surface area (TPSA) is 71.5 Å². The van der Waals surface area contributed by atoms with E-state index in [4.69, 9.17) is 4.74 Å². The summed E-state index contributed by atoms with van der Waals surface area (Å²) >= 11 is 0. The third-order valence-corrected chi connectivity index (χ3v) is 4.28. The van der Waals surface area contributed by atoms with Gasteiger partial charge in [0.05, 0.1) is 24.8 Å². The molecule has 1 saturated heterocycles. The number of carbonyl (C=O) groups excluding carboxylic acids is 2. The fraction of sp³-hybridized carbons (Fsp3) is 0.316. The molecular weight excluding hydrogens is 356 g/mol. The van der Waals surface area contributed by atoms with E-state index in [0.717, 1.165) is 23.8 Å². The minimum atomic E-state index is -0.798. The van der Waals surface area contributed by atoms with Gasteiger partial charge in [-0.1, -0.05) is 6.07 Å². The summed E-state index contributed by atoms with van der Waals surface area (Å²) in [7, 11) is 0. The van der Waals surface area contributed by atoms with E-state index in [1.54, 1.807) is 18.5 Å². The van der Waals surface area contributed by atoms with Crippen molar-refractivity contribution in [2.75, 3.05) is 19.8 Å². The Morgan fingerprint density at radius 1 is 1.30 bits per heavy atom. The Balaban J connectivity index is 1.65. The molecule has 0 radical (unpaired) electrons. The highest BCUT2D eigenvalue weighted by atomic mass is 19.1. The number of morpholine rings is 1. The highest BCUT2D eigenvalue weighted by Gasteiger charge is 2.31. The van der Waals surface area contributed by atoms with Crippen molar-refractivity contribution in [2.45, 2.75) is 19.0 Å². The number of nitrogens with zero attached hydrogens (tertiary/aromatic N) is 2. The van der Waals surface area contributed by atoms with Crippen LogP contribution in [0, 0.1) is 11.6 Å². The van der Waals surface area contributed by atoms with Crippen LogP contribution in [0.25, 0.3) is 0 Å². The summed E-state index contributed by atoms with van der Waals surface area (Å²) in [6.45, 7) is 0.946. The number of ether oxygens (including phenoxy) is 1. The van der Waals surface area contributed by atoms with Gasteiger partial charge in [-0.15, -0.1) is 0 Å². The fourth-order valence-electron chi connectivity index (χ4n) is 2.90. The maximum absolute atomic E-state index is 13.9. The Morgan fingerprint density at radius 2 is 2.15 bits per heavy atom. The number of pyridine rings is 1. The van der Waals surface area contributed by atoms with Gasteiger partial charge in [-0.2, -0.15) is 0 Å². The van der Waals surface area contributed by atoms with Gasteiger partial charge in [-0.05, 0) is 29.8 Å². The van der Waals surface area contributed by atoms with Gasteiger partial charge in [0.1, 0.15) is 11.6 Å². The van der Waals surface area contributed by atoms with E-state index in [9.17, 15) is 18.4 Å². The number of aromatic nitrogens is 1. The summed E-state index contributed by atoms with van der Waals surface area (Å²) in [5.41, 5.74) is 0.498. The third-order valence-electron chi connectivity index (χ3n) is 4.28. The molecule has 0 saturated carbocycles. The van der Waals surface area contributed by atoms with Crippen molar-refractivity contribution in [1.29, 1.82) is 0 Å². The van der Waals surface area contributed by atoms with Crippen LogP contribution in [0.4, 0.5) is 8.78 Å². The summed E-state index contributed by atoms with van der Waals surface area (Å²) in [5, 5.41) is 2.76. The predicted octanol–water partition coefficient (Wildman–Crippen LogP) is 1.91. The molecule has 27 heavy (non-hydrogen) atoms. The molecule has 1 aromatic carbocycles. The Bertz CT molecular complexity index is 817. The van der Waals surface area contributed by atoms with Crippen molar-refractivity contribution in [3.63, 3.8) is 0 Å². The molecule has 1 atom stereocenters. The van der Waals surface area contributed by atoms with Crippen LogP contribution in [0.5, 0.6) is 0 Å². The molecule has 1 unspecified atom stereocenters. The lowest BCUT2D eigenvalue weighted by Crippen LogP contribution is -2.50. The van der Waals surface area contributed by atoms with Gasteiger partial charge in [-0.25, -0.2) is 8.78 Å². The quantitative estimate of drug-likeness (QED) is 0.867. The second-order valence-electron chi connectivity index (χ2n) is 6.19. The molecule has 1 aliphatic heterocycles. The molecule has 6 nitrogen and oxygen atoms in total. The number of benzene rings is 1. The number of hydrogen-bond donors (Lipinski definition) is 1. The summed E-state index contributed by atoms with van der Waals surface area (Å²) < 4.78 is 32.7. The van der Waals surface area contributed by atoms with Gasteiger partial charge >= 0.3 is 0 Å². The summed E-state index contributed by atoms with van der Waals surface area (Å²) in [6, 6.07) is 5.78. The molecule has 2 amide bonds. The Hall–Kier alpha value is -2.87. The van der Waals surface area contributed by atoms with Crippen molar-refractivity contribution < 1.29 is 23.1 Å². The van der Waals surface area contributed by atoms with Crippen LogP contribution in [-0.2, 0) is 16.1 Å². The van der Waals surface area contributed by atoms with Gasteiger partial charge in [0.15, 0.2) is 0 Å². The molecule has 2 aromatic rings. The molecule has 2 heterocycles. The van der Waals surface area contributed by atoms with Crippen molar-refractivity contribution in [3.05, 3.63) is 65.5 Å². The number of amides is 2. The molecule has 1 aromatic heterocycles. The van der Waals surface area contributed by atoms with Crippen LogP contribution < -0.4 is 5.32 Å². The zero-order chi connectivity index (χ0) is 19.2. The first-order chi connectivity index (χ1) is 13.0. The number of rotatable bonds is 5. The fourth-order valence-corrected chi connectivity index (χ4v) is 2.90. The molecule has 0 spiro atoms. The summed E-state index contributed by atoms with van der Waals surface area (Å²) in [4.78, 5) is 30.3. The van der Waals surface area contributed by atoms with E-state index in [-0.39, 0.29) is 37.6 Å². The second kappa shape index (κ2) is 8.68. The van der Waals surface area contributed by atoms with E-state index in [1.807, 2.05) is 6.07 Å². The monoisotopic (exact) mass is 375 g/mol. The standard InChI is InChI=1S/C19H19F2N3O3/c20-14-3-4-17(21)16(8-14)19(26)24-6-7-27-12-15(24)9-18(25)23-11-13-2-1-5-22-10-13/h1-5,8,10,15H,6-7,9,11-12H2,(H,23,25). The van der Waals surface area contributed by atoms with Crippen LogP contribution in [-0.4, -0.2) is 47.5 Å². The maximum atomic E-state index is 13.9. The number of carbonyl (C=O) groups is 2. The predicted molar refractivity (Wildman–Crippen MR) is 92.7 cm³/mol. The minimum Gasteiger partial charge on any atom is -0.377 e. The SMILES string of the molecule is O=C(CC1COCCN1C(=O)c1cc(F)ccc1F)NCc1cccnc1. The highest BCUT2D eigenvalue weighted by molar-refractivity contribution is 5.95. The lowest BCUT2D eigenvalue weighted by atomic mass is 10.1. The molecular formula is C19H19F2N3O3. The number of hydrogen-bond acceptors (Lipinski definition) is 4. The average molecular weight is 375 g/mol. The zero-order valence-electron chi connectivity index (χ0n) is 14.5. The van der Waals surface area contributed by atoms with Crippen LogP contribution in [0.1, 0.15) is 22.3 Å². The second-order valence-corrected chi connectivity index (χ2v) is 6.19. The lowest BCUT2D eigenvalue weighted by Gasteiger charge is -2.35. The molecule has 1 N–H and O–H groups in total. The zero-order valence-corrected chi connectivity index (χ0v) is 14.5. The van der Waals surface area contributed by atoms with Crippen LogP contribution in [0.2, 0.25) is 0 Å².